The lowest BCUT2D eigenvalue weighted by atomic mass is 10.1. The Hall–Kier alpha value is -3.15. The monoisotopic (exact) mass is 382 g/mol. The molecule has 0 saturated carbocycles. The Bertz CT molecular complexity index is 773. The van der Waals surface area contributed by atoms with Crippen LogP contribution in [0.2, 0.25) is 0 Å². The fourth-order valence-electron chi connectivity index (χ4n) is 2.54. The third-order valence-electron chi connectivity index (χ3n) is 4.06. The van der Waals surface area contributed by atoms with Crippen LogP contribution in [-0.2, 0) is 32.0 Å². The average Bonchev–Trinajstić information content (AvgIpc) is 2.71. The van der Waals surface area contributed by atoms with Crippen LogP contribution in [0.1, 0.15) is 30.9 Å². The first-order valence-electron chi connectivity index (χ1n) is 9.42. The minimum Gasteiger partial charge on any atom is -0.454 e. The second-order valence-corrected chi connectivity index (χ2v) is 6.45. The van der Waals surface area contributed by atoms with Crippen molar-refractivity contribution in [1.82, 2.24) is 5.32 Å². The Labute approximate surface area is 165 Å². The van der Waals surface area contributed by atoms with Crippen LogP contribution in [0.3, 0.4) is 0 Å². The number of carbonyl (C=O) groups excluding carboxylic acids is 3. The first kappa shape index (κ1) is 21.2. The molecule has 2 aromatic rings. The molecule has 0 heterocycles. The van der Waals surface area contributed by atoms with Gasteiger partial charge in [-0.2, -0.15) is 0 Å². The maximum atomic E-state index is 11.9. The number of esters is 1. The largest absolute Gasteiger partial charge is 0.454 e. The highest BCUT2D eigenvalue weighted by molar-refractivity contribution is 5.93. The highest BCUT2D eigenvalue weighted by Gasteiger charge is 2.10. The predicted molar refractivity (Wildman–Crippen MR) is 108 cm³/mol. The van der Waals surface area contributed by atoms with Gasteiger partial charge in [0.25, 0.3) is 5.91 Å². The van der Waals surface area contributed by atoms with Crippen LogP contribution in [0.5, 0.6) is 0 Å². The molecule has 0 aliphatic heterocycles. The summed E-state index contributed by atoms with van der Waals surface area (Å²) < 4.78 is 4.89. The van der Waals surface area contributed by atoms with Crippen molar-refractivity contribution in [2.45, 2.75) is 32.6 Å². The van der Waals surface area contributed by atoms with Gasteiger partial charge in [-0.05, 0) is 36.1 Å². The second kappa shape index (κ2) is 11.5. The number of carbonyl (C=O) groups is 3. The van der Waals surface area contributed by atoms with Crippen molar-refractivity contribution in [3.05, 3.63) is 65.7 Å². The van der Waals surface area contributed by atoms with Crippen LogP contribution in [0, 0.1) is 0 Å². The number of hydrogen-bond donors (Lipinski definition) is 2. The molecule has 0 atom stereocenters. The first-order chi connectivity index (χ1) is 13.6. The highest BCUT2D eigenvalue weighted by atomic mass is 16.5. The molecule has 0 bridgehead atoms. The zero-order chi connectivity index (χ0) is 20.2. The van der Waals surface area contributed by atoms with Crippen LogP contribution in [-0.4, -0.2) is 30.9 Å². The van der Waals surface area contributed by atoms with Gasteiger partial charge in [-0.3, -0.25) is 14.4 Å². The summed E-state index contributed by atoms with van der Waals surface area (Å²) in [5.41, 5.74) is 2.73. The summed E-state index contributed by atoms with van der Waals surface area (Å²) in [6.07, 6.45) is 3.46. The van der Waals surface area contributed by atoms with Gasteiger partial charge in [0.05, 0.1) is 6.42 Å². The van der Waals surface area contributed by atoms with Gasteiger partial charge in [-0.1, -0.05) is 55.8 Å². The second-order valence-electron chi connectivity index (χ2n) is 6.45. The van der Waals surface area contributed by atoms with Crippen LogP contribution in [0.15, 0.2) is 54.6 Å². The fourth-order valence-corrected chi connectivity index (χ4v) is 2.54. The van der Waals surface area contributed by atoms with Crippen LogP contribution >= 0.6 is 0 Å². The van der Waals surface area contributed by atoms with E-state index in [1.165, 1.54) is 5.56 Å². The van der Waals surface area contributed by atoms with Crippen LogP contribution in [0.25, 0.3) is 0 Å². The summed E-state index contributed by atoms with van der Waals surface area (Å²) in [5.74, 6) is -1.37. The summed E-state index contributed by atoms with van der Waals surface area (Å²) in [6.45, 7) is 1.47. The highest BCUT2D eigenvalue weighted by Crippen LogP contribution is 2.11. The van der Waals surface area contributed by atoms with Crippen molar-refractivity contribution in [2.75, 3.05) is 18.5 Å². The summed E-state index contributed by atoms with van der Waals surface area (Å²) in [7, 11) is 0. The van der Waals surface area contributed by atoms with Crippen molar-refractivity contribution in [1.29, 1.82) is 0 Å². The van der Waals surface area contributed by atoms with E-state index in [1.807, 2.05) is 54.6 Å². The van der Waals surface area contributed by atoms with Gasteiger partial charge in [0.2, 0.25) is 5.91 Å². The maximum Gasteiger partial charge on any atom is 0.325 e. The molecule has 0 fully saturated rings. The van der Waals surface area contributed by atoms with Crippen molar-refractivity contribution >= 4 is 23.5 Å². The molecule has 0 aliphatic rings. The summed E-state index contributed by atoms with van der Waals surface area (Å²) in [6, 6.07) is 16.8. The molecule has 0 radical (unpaired) electrons. The van der Waals surface area contributed by atoms with E-state index < -0.39 is 18.5 Å². The van der Waals surface area contributed by atoms with Crippen molar-refractivity contribution in [3.63, 3.8) is 0 Å². The SMILES string of the molecule is CCCCc1ccc(NC(=O)COC(=O)CNC(=O)Cc2ccccc2)cc1. The maximum absolute atomic E-state index is 11.9. The predicted octanol–water partition coefficient (Wildman–Crippen LogP) is 2.87. The van der Waals surface area contributed by atoms with E-state index in [2.05, 4.69) is 17.6 Å². The van der Waals surface area contributed by atoms with E-state index in [1.54, 1.807) is 0 Å². The topological polar surface area (TPSA) is 84.5 Å². The first-order valence-corrected chi connectivity index (χ1v) is 9.42. The van der Waals surface area contributed by atoms with E-state index in [0.717, 1.165) is 24.8 Å². The normalized spacial score (nSPS) is 10.2. The number of benzene rings is 2. The zero-order valence-corrected chi connectivity index (χ0v) is 16.1. The van der Waals surface area contributed by atoms with Crippen LogP contribution in [0.4, 0.5) is 5.69 Å². The Morgan fingerprint density at radius 2 is 1.61 bits per heavy atom. The number of nitrogens with one attached hydrogen (secondary N) is 2. The lowest BCUT2D eigenvalue weighted by Crippen LogP contribution is -2.33. The number of unbranched alkanes of at least 4 members (excludes halogenated alkanes) is 1. The molecular weight excluding hydrogens is 356 g/mol. The number of amides is 2. The number of rotatable bonds is 10. The summed E-state index contributed by atoms with van der Waals surface area (Å²) >= 11 is 0. The number of aryl methyl sites for hydroxylation is 1. The summed E-state index contributed by atoms with van der Waals surface area (Å²) in [5, 5.41) is 5.16. The Kier molecular flexibility index (Phi) is 8.72. The third kappa shape index (κ3) is 8.03. The standard InChI is InChI=1S/C22H26N2O4/c1-2-3-7-17-10-12-19(13-11-17)24-21(26)16-28-22(27)15-23-20(25)14-18-8-5-4-6-9-18/h4-6,8-13H,2-3,7,14-16H2,1H3,(H,23,25)(H,24,26). The third-order valence-corrected chi connectivity index (χ3v) is 4.06. The lowest BCUT2D eigenvalue weighted by Gasteiger charge is -2.08. The Balaban J connectivity index is 1.65. The van der Waals surface area contributed by atoms with E-state index in [-0.39, 0.29) is 18.9 Å². The molecule has 0 aromatic heterocycles. The molecule has 0 unspecified atom stereocenters. The van der Waals surface area contributed by atoms with E-state index >= 15 is 0 Å². The summed E-state index contributed by atoms with van der Waals surface area (Å²) in [4.78, 5) is 35.4. The van der Waals surface area contributed by atoms with Gasteiger partial charge in [-0.15, -0.1) is 0 Å². The molecule has 28 heavy (non-hydrogen) atoms. The Morgan fingerprint density at radius 1 is 0.893 bits per heavy atom. The molecular formula is C22H26N2O4. The van der Waals surface area contributed by atoms with Gasteiger partial charge in [0.15, 0.2) is 6.61 Å². The number of hydrogen-bond acceptors (Lipinski definition) is 4. The fraction of sp³-hybridized carbons (Fsp3) is 0.318. The van der Waals surface area contributed by atoms with Crippen LogP contribution < -0.4 is 10.6 Å². The van der Waals surface area contributed by atoms with E-state index in [0.29, 0.717) is 5.69 Å². The van der Waals surface area contributed by atoms with Crippen molar-refractivity contribution in [3.8, 4) is 0 Å². The zero-order valence-electron chi connectivity index (χ0n) is 16.1. The molecule has 6 nitrogen and oxygen atoms in total. The molecule has 2 amide bonds. The van der Waals surface area contributed by atoms with Gasteiger partial charge in [0.1, 0.15) is 6.54 Å². The van der Waals surface area contributed by atoms with Gasteiger partial charge in [0, 0.05) is 5.69 Å². The lowest BCUT2D eigenvalue weighted by molar-refractivity contribution is -0.147. The molecule has 0 spiro atoms. The molecule has 148 valence electrons. The molecule has 0 saturated heterocycles. The minimum absolute atomic E-state index is 0.183. The van der Waals surface area contributed by atoms with E-state index in [4.69, 9.17) is 4.74 Å². The number of anilines is 1. The van der Waals surface area contributed by atoms with Crippen molar-refractivity contribution in [2.24, 2.45) is 0 Å². The molecule has 6 heteroatoms. The van der Waals surface area contributed by atoms with Gasteiger partial charge >= 0.3 is 5.97 Å². The van der Waals surface area contributed by atoms with E-state index in [9.17, 15) is 14.4 Å². The smallest absolute Gasteiger partial charge is 0.325 e. The molecule has 2 N–H and O–H groups in total. The number of ether oxygens (including phenoxy) is 1. The quantitative estimate of drug-likeness (QED) is 0.619. The van der Waals surface area contributed by atoms with Gasteiger partial charge < -0.3 is 15.4 Å². The molecule has 0 aliphatic carbocycles. The Morgan fingerprint density at radius 3 is 2.29 bits per heavy atom. The molecule has 2 rings (SSSR count). The average molecular weight is 382 g/mol. The minimum atomic E-state index is -0.661. The molecule has 2 aromatic carbocycles. The van der Waals surface area contributed by atoms with Gasteiger partial charge in [-0.25, -0.2) is 0 Å². The van der Waals surface area contributed by atoms with Crippen molar-refractivity contribution < 1.29 is 19.1 Å².